The van der Waals surface area contributed by atoms with Crippen LogP contribution in [0.4, 0.5) is 13.6 Å². The van der Waals surface area contributed by atoms with E-state index in [1.54, 1.807) is 7.11 Å². The van der Waals surface area contributed by atoms with Gasteiger partial charge in [-0.15, -0.1) is 0 Å². The van der Waals surface area contributed by atoms with Crippen LogP contribution in [0.25, 0.3) is 0 Å². The molecule has 0 aliphatic carbocycles. The number of ether oxygens (including phenoxy) is 1. The van der Waals surface area contributed by atoms with Gasteiger partial charge in [-0.3, -0.25) is 0 Å². The molecule has 5 nitrogen and oxygen atoms in total. The van der Waals surface area contributed by atoms with Gasteiger partial charge in [0, 0.05) is 38.9 Å². The first-order chi connectivity index (χ1) is 11.1. The molecule has 2 amide bonds. The van der Waals surface area contributed by atoms with E-state index >= 15 is 0 Å². The second kappa shape index (κ2) is 8.79. The highest BCUT2D eigenvalue weighted by atomic mass is 19.1. The van der Waals surface area contributed by atoms with Crippen molar-refractivity contribution >= 4 is 6.03 Å². The molecule has 2 N–H and O–H groups in total. The number of halogens is 2. The summed E-state index contributed by atoms with van der Waals surface area (Å²) in [5.74, 6) is -0.648. The zero-order valence-corrected chi connectivity index (χ0v) is 13.3. The highest BCUT2D eigenvalue weighted by Crippen LogP contribution is 2.14. The molecule has 1 fully saturated rings. The SMILES string of the molecule is COCCN1CC[C@@H](CNC(=O)NCc2cc(F)ccc2F)C1. The van der Waals surface area contributed by atoms with Crippen LogP contribution in [0, 0.1) is 17.6 Å². The third kappa shape index (κ3) is 5.76. The molecule has 0 spiro atoms. The van der Waals surface area contributed by atoms with E-state index in [2.05, 4.69) is 15.5 Å². The first kappa shape index (κ1) is 17.6. The minimum Gasteiger partial charge on any atom is -0.383 e. The minimum atomic E-state index is -0.531. The van der Waals surface area contributed by atoms with E-state index in [4.69, 9.17) is 4.74 Å². The van der Waals surface area contributed by atoms with Crippen molar-refractivity contribution in [1.29, 1.82) is 0 Å². The molecular weight excluding hydrogens is 304 g/mol. The molecule has 1 atom stereocenters. The van der Waals surface area contributed by atoms with Gasteiger partial charge in [0.05, 0.1) is 6.61 Å². The fourth-order valence-corrected chi connectivity index (χ4v) is 2.66. The van der Waals surface area contributed by atoms with Crippen molar-refractivity contribution in [2.75, 3.05) is 39.9 Å². The third-order valence-electron chi connectivity index (χ3n) is 3.98. The summed E-state index contributed by atoms with van der Waals surface area (Å²) in [6.07, 6.45) is 1.03. The molecule has 0 bridgehead atoms. The zero-order valence-electron chi connectivity index (χ0n) is 13.3. The summed E-state index contributed by atoms with van der Waals surface area (Å²) in [4.78, 5) is 14.1. The molecule has 0 aromatic heterocycles. The topological polar surface area (TPSA) is 53.6 Å². The molecule has 23 heavy (non-hydrogen) atoms. The lowest BCUT2D eigenvalue weighted by Crippen LogP contribution is -2.38. The lowest BCUT2D eigenvalue weighted by Gasteiger charge is -2.15. The minimum absolute atomic E-state index is 0.0416. The van der Waals surface area contributed by atoms with Gasteiger partial charge in [0.25, 0.3) is 0 Å². The number of likely N-dealkylation sites (tertiary alicyclic amines) is 1. The highest BCUT2D eigenvalue weighted by Gasteiger charge is 2.22. The molecule has 1 saturated heterocycles. The smallest absolute Gasteiger partial charge is 0.315 e. The summed E-state index contributed by atoms with van der Waals surface area (Å²) in [6.45, 7) is 4.08. The van der Waals surface area contributed by atoms with E-state index in [-0.39, 0.29) is 18.1 Å². The molecule has 1 aromatic carbocycles. The third-order valence-corrected chi connectivity index (χ3v) is 3.98. The normalized spacial score (nSPS) is 18.1. The Morgan fingerprint density at radius 3 is 3.00 bits per heavy atom. The van der Waals surface area contributed by atoms with Gasteiger partial charge in [0.15, 0.2) is 0 Å². The standard InChI is InChI=1S/C16H23F2N3O2/c1-23-7-6-21-5-4-12(11-21)9-19-16(22)20-10-13-8-14(17)2-3-15(13)18/h2-3,8,12H,4-7,9-11H2,1H3,(H2,19,20,22)/t12-/m0/s1. The predicted molar refractivity (Wildman–Crippen MR) is 83.0 cm³/mol. The molecule has 1 heterocycles. The van der Waals surface area contributed by atoms with Crippen molar-refractivity contribution in [2.45, 2.75) is 13.0 Å². The molecule has 1 aliphatic rings. The summed E-state index contributed by atoms with van der Waals surface area (Å²) >= 11 is 0. The summed E-state index contributed by atoms with van der Waals surface area (Å²) in [7, 11) is 1.68. The lowest BCUT2D eigenvalue weighted by atomic mass is 10.1. The Kier molecular flexibility index (Phi) is 6.73. The second-order valence-electron chi connectivity index (χ2n) is 5.75. The fourth-order valence-electron chi connectivity index (χ4n) is 2.66. The van der Waals surface area contributed by atoms with Crippen molar-refractivity contribution < 1.29 is 18.3 Å². The Labute approximate surface area is 135 Å². The number of carbonyl (C=O) groups is 1. The van der Waals surface area contributed by atoms with E-state index in [9.17, 15) is 13.6 Å². The van der Waals surface area contributed by atoms with Crippen molar-refractivity contribution in [2.24, 2.45) is 5.92 Å². The van der Waals surface area contributed by atoms with Gasteiger partial charge in [-0.25, -0.2) is 13.6 Å². The van der Waals surface area contributed by atoms with E-state index in [1.807, 2.05) is 0 Å². The maximum atomic E-state index is 13.4. The van der Waals surface area contributed by atoms with Crippen LogP contribution in [-0.2, 0) is 11.3 Å². The van der Waals surface area contributed by atoms with E-state index < -0.39 is 11.6 Å². The molecule has 0 saturated carbocycles. The lowest BCUT2D eigenvalue weighted by molar-refractivity contribution is 0.159. The van der Waals surface area contributed by atoms with Crippen LogP contribution < -0.4 is 10.6 Å². The van der Waals surface area contributed by atoms with Gasteiger partial charge in [-0.1, -0.05) is 0 Å². The average Bonchev–Trinajstić information content (AvgIpc) is 2.99. The number of hydrogen-bond acceptors (Lipinski definition) is 3. The van der Waals surface area contributed by atoms with Crippen molar-refractivity contribution in [3.8, 4) is 0 Å². The Hall–Kier alpha value is -1.73. The van der Waals surface area contributed by atoms with E-state index in [0.717, 1.165) is 44.3 Å². The van der Waals surface area contributed by atoms with Gasteiger partial charge in [-0.2, -0.15) is 0 Å². The van der Waals surface area contributed by atoms with Gasteiger partial charge >= 0.3 is 6.03 Å². The van der Waals surface area contributed by atoms with Gasteiger partial charge in [-0.05, 0) is 37.1 Å². The monoisotopic (exact) mass is 327 g/mol. The number of methoxy groups -OCH3 is 1. The number of benzene rings is 1. The fraction of sp³-hybridized carbons (Fsp3) is 0.562. The number of hydrogen-bond donors (Lipinski definition) is 2. The van der Waals surface area contributed by atoms with Crippen molar-refractivity contribution in [3.05, 3.63) is 35.4 Å². The number of amides is 2. The van der Waals surface area contributed by atoms with Crippen LogP contribution in [0.1, 0.15) is 12.0 Å². The molecule has 2 rings (SSSR count). The maximum absolute atomic E-state index is 13.4. The van der Waals surface area contributed by atoms with Crippen molar-refractivity contribution in [3.63, 3.8) is 0 Å². The summed E-state index contributed by atoms with van der Waals surface area (Å²) < 4.78 is 31.5. The van der Waals surface area contributed by atoms with Gasteiger partial charge < -0.3 is 20.3 Å². The number of urea groups is 1. The summed E-state index contributed by atoms with van der Waals surface area (Å²) in [5, 5.41) is 5.33. The molecule has 128 valence electrons. The van der Waals surface area contributed by atoms with E-state index in [1.165, 1.54) is 0 Å². The molecular formula is C16H23F2N3O2. The molecule has 0 radical (unpaired) electrons. The quantitative estimate of drug-likeness (QED) is 0.802. The predicted octanol–water partition coefficient (Wildman–Crippen LogP) is 1.73. The van der Waals surface area contributed by atoms with Gasteiger partial charge in [0.1, 0.15) is 11.6 Å². The first-order valence-electron chi connectivity index (χ1n) is 7.75. The zero-order chi connectivity index (χ0) is 16.7. The van der Waals surface area contributed by atoms with Crippen molar-refractivity contribution in [1.82, 2.24) is 15.5 Å². The Balaban J connectivity index is 1.67. The molecule has 1 aromatic rings. The summed E-state index contributed by atoms with van der Waals surface area (Å²) in [5.41, 5.74) is 0.131. The maximum Gasteiger partial charge on any atom is 0.315 e. The molecule has 0 unspecified atom stereocenters. The molecule has 7 heteroatoms. The van der Waals surface area contributed by atoms with Crippen LogP contribution >= 0.6 is 0 Å². The number of rotatable bonds is 7. The summed E-state index contributed by atoms with van der Waals surface area (Å²) in [6, 6.07) is 2.82. The number of nitrogens with one attached hydrogen (secondary N) is 2. The van der Waals surface area contributed by atoms with Crippen LogP contribution in [0.15, 0.2) is 18.2 Å². The largest absolute Gasteiger partial charge is 0.383 e. The van der Waals surface area contributed by atoms with Crippen LogP contribution in [-0.4, -0.2) is 50.8 Å². The Morgan fingerprint density at radius 1 is 1.39 bits per heavy atom. The second-order valence-corrected chi connectivity index (χ2v) is 5.75. The number of carbonyl (C=O) groups excluding carboxylic acids is 1. The molecule has 1 aliphatic heterocycles. The average molecular weight is 327 g/mol. The Bertz CT molecular complexity index is 528. The van der Waals surface area contributed by atoms with Crippen LogP contribution in [0.2, 0.25) is 0 Å². The first-order valence-corrected chi connectivity index (χ1v) is 7.75. The Morgan fingerprint density at radius 2 is 2.22 bits per heavy atom. The van der Waals surface area contributed by atoms with Gasteiger partial charge in [0.2, 0.25) is 0 Å². The van der Waals surface area contributed by atoms with Crippen LogP contribution in [0.3, 0.4) is 0 Å². The van der Waals surface area contributed by atoms with E-state index in [0.29, 0.717) is 19.1 Å². The van der Waals surface area contributed by atoms with Crippen LogP contribution in [0.5, 0.6) is 0 Å². The highest BCUT2D eigenvalue weighted by molar-refractivity contribution is 5.73. The number of nitrogens with zero attached hydrogens (tertiary/aromatic N) is 1.